The van der Waals surface area contributed by atoms with Gasteiger partial charge in [0, 0.05) is 15.4 Å². The highest BCUT2D eigenvalue weighted by atomic mass is 79.9. The summed E-state index contributed by atoms with van der Waals surface area (Å²) in [6, 6.07) is 5.84. The number of thioether (sulfide) groups is 1. The van der Waals surface area contributed by atoms with Gasteiger partial charge in [-0.2, -0.15) is 0 Å². The normalized spacial score (nSPS) is 12.6. The third-order valence-electron chi connectivity index (χ3n) is 2.25. The Labute approximate surface area is 120 Å². The fraction of sp³-hybridized carbons (Fsp3) is 0.462. The Bertz CT molecular complexity index is 421. The zero-order valence-electron chi connectivity index (χ0n) is 10.7. The number of nitrogens with one attached hydrogen (secondary N) is 1. The monoisotopic (exact) mass is 331 g/mol. The maximum Gasteiger partial charge on any atom is 0.230 e. The lowest BCUT2D eigenvalue weighted by molar-refractivity contribution is -0.119. The predicted molar refractivity (Wildman–Crippen MR) is 78.8 cm³/mol. The van der Waals surface area contributed by atoms with Crippen molar-refractivity contribution in [1.29, 1.82) is 0 Å². The van der Waals surface area contributed by atoms with E-state index in [1.54, 1.807) is 6.92 Å². The number of aliphatic hydroxyl groups is 1. The van der Waals surface area contributed by atoms with Crippen molar-refractivity contribution < 1.29 is 9.90 Å². The maximum absolute atomic E-state index is 11.5. The third-order valence-corrected chi connectivity index (χ3v) is 4.24. The van der Waals surface area contributed by atoms with Crippen molar-refractivity contribution in [2.45, 2.75) is 37.8 Å². The molecular formula is C13H18BrNO2S. The minimum Gasteiger partial charge on any atom is -0.389 e. The van der Waals surface area contributed by atoms with Crippen LogP contribution in [0.4, 0.5) is 0 Å². The molecule has 0 bridgehead atoms. The van der Waals surface area contributed by atoms with Crippen LogP contribution in [0.2, 0.25) is 0 Å². The van der Waals surface area contributed by atoms with E-state index in [0.717, 1.165) is 14.9 Å². The Morgan fingerprint density at radius 3 is 2.61 bits per heavy atom. The molecule has 1 rings (SSSR count). The van der Waals surface area contributed by atoms with Crippen molar-refractivity contribution in [3.8, 4) is 0 Å². The van der Waals surface area contributed by atoms with Crippen molar-refractivity contribution in [2.24, 2.45) is 0 Å². The molecule has 0 radical (unpaired) electrons. The van der Waals surface area contributed by atoms with E-state index in [-0.39, 0.29) is 11.9 Å². The molecule has 1 amide bonds. The molecule has 0 heterocycles. The van der Waals surface area contributed by atoms with E-state index in [1.807, 2.05) is 32.0 Å². The highest BCUT2D eigenvalue weighted by molar-refractivity contribution is 9.10. The van der Waals surface area contributed by atoms with E-state index in [2.05, 4.69) is 21.2 Å². The minimum atomic E-state index is -0.482. The number of amides is 1. The smallest absolute Gasteiger partial charge is 0.230 e. The van der Waals surface area contributed by atoms with Gasteiger partial charge in [-0.3, -0.25) is 4.79 Å². The highest BCUT2D eigenvalue weighted by Gasteiger charge is 2.08. The molecule has 0 aliphatic heterocycles. The molecule has 0 aliphatic rings. The van der Waals surface area contributed by atoms with Crippen LogP contribution in [0.1, 0.15) is 32.4 Å². The molecule has 0 saturated heterocycles. The number of carbonyl (C=O) groups excluding carboxylic acids is 1. The van der Waals surface area contributed by atoms with Gasteiger partial charge in [0.15, 0.2) is 0 Å². The van der Waals surface area contributed by atoms with Crippen LogP contribution >= 0.6 is 27.7 Å². The van der Waals surface area contributed by atoms with Crippen molar-refractivity contribution >= 4 is 33.6 Å². The molecule has 0 fully saturated rings. The average molecular weight is 332 g/mol. The summed E-state index contributed by atoms with van der Waals surface area (Å²) in [5.41, 5.74) is 0.859. The molecule has 5 heteroatoms. The van der Waals surface area contributed by atoms with Crippen LogP contribution in [0.3, 0.4) is 0 Å². The fourth-order valence-electron chi connectivity index (χ4n) is 1.40. The van der Waals surface area contributed by atoms with Gasteiger partial charge in [0.05, 0.1) is 11.9 Å². The summed E-state index contributed by atoms with van der Waals surface area (Å²) in [6.07, 6.45) is -0.482. The lowest BCUT2D eigenvalue weighted by Gasteiger charge is -2.10. The predicted octanol–water partition coefficient (Wildman–Crippen LogP) is 3.12. The van der Waals surface area contributed by atoms with E-state index in [1.165, 1.54) is 11.8 Å². The lowest BCUT2D eigenvalue weighted by Crippen LogP contribution is -2.31. The molecule has 2 N–H and O–H groups in total. The van der Waals surface area contributed by atoms with E-state index >= 15 is 0 Å². The molecule has 1 atom stereocenters. The summed E-state index contributed by atoms with van der Waals surface area (Å²) in [7, 11) is 0. The first-order chi connectivity index (χ1) is 8.40. The molecule has 100 valence electrons. The number of rotatable bonds is 5. The molecule has 18 heavy (non-hydrogen) atoms. The molecule has 1 aromatic rings. The summed E-state index contributed by atoms with van der Waals surface area (Å²) in [4.78, 5) is 12.5. The molecular weight excluding hydrogens is 314 g/mol. The Kier molecular flexibility index (Phi) is 6.18. The van der Waals surface area contributed by atoms with E-state index in [4.69, 9.17) is 0 Å². The van der Waals surface area contributed by atoms with Crippen LogP contribution in [-0.4, -0.2) is 22.8 Å². The van der Waals surface area contributed by atoms with Gasteiger partial charge >= 0.3 is 0 Å². The van der Waals surface area contributed by atoms with Crippen molar-refractivity contribution in [3.05, 3.63) is 28.2 Å². The largest absolute Gasteiger partial charge is 0.389 e. The first kappa shape index (κ1) is 15.5. The quantitative estimate of drug-likeness (QED) is 0.815. The zero-order chi connectivity index (χ0) is 13.7. The third kappa shape index (κ3) is 5.00. The second kappa shape index (κ2) is 7.16. The lowest BCUT2D eigenvalue weighted by atomic mass is 10.1. The number of hydrogen-bond donors (Lipinski definition) is 2. The van der Waals surface area contributed by atoms with Crippen LogP contribution in [0.5, 0.6) is 0 Å². The first-order valence-electron chi connectivity index (χ1n) is 5.80. The second-order valence-electron chi connectivity index (χ2n) is 4.38. The molecule has 0 spiro atoms. The molecule has 3 nitrogen and oxygen atoms in total. The molecule has 1 aromatic carbocycles. The zero-order valence-corrected chi connectivity index (χ0v) is 13.1. The number of halogens is 1. The SMILES string of the molecule is CC(C)NC(=O)CSc1ccc(C(C)O)cc1Br. The fourth-order valence-corrected chi connectivity index (χ4v) is 2.87. The summed E-state index contributed by atoms with van der Waals surface area (Å²) in [6.45, 7) is 5.61. The molecule has 1 unspecified atom stereocenters. The Morgan fingerprint density at radius 2 is 2.11 bits per heavy atom. The Morgan fingerprint density at radius 1 is 1.44 bits per heavy atom. The highest BCUT2D eigenvalue weighted by Crippen LogP contribution is 2.30. The van der Waals surface area contributed by atoms with Gasteiger partial charge in [0.2, 0.25) is 5.91 Å². The van der Waals surface area contributed by atoms with Crippen molar-refractivity contribution in [3.63, 3.8) is 0 Å². The van der Waals surface area contributed by atoms with Crippen LogP contribution in [0.15, 0.2) is 27.6 Å². The van der Waals surface area contributed by atoms with Gasteiger partial charge < -0.3 is 10.4 Å². The standard InChI is InChI=1S/C13H18BrNO2S/c1-8(2)15-13(17)7-18-12-5-4-10(9(3)16)6-11(12)14/h4-6,8-9,16H,7H2,1-3H3,(H,15,17). The van der Waals surface area contributed by atoms with Gasteiger partial charge in [0.25, 0.3) is 0 Å². The van der Waals surface area contributed by atoms with Crippen LogP contribution < -0.4 is 5.32 Å². The van der Waals surface area contributed by atoms with Crippen LogP contribution in [0.25, 0.3) is 0 Å². The number of benzene rings is 1. The molecule has 0 saturated carbocycles. The van der Waals surface area contributed by atoms with Gasteiger partial charge in [-0.05, 0) is 54.4 Å². The summed E-state index contributed by atoms with van der Waals surface area (Å²) < 4.78 is 0.906. The molecule has 0 aliphatic carbocycles. The average Bonchev–Trinajstić information content (AvgIpc) is 2.26. The number of hydrogen-bond acceptors (Lipinski definition) is 3. The van der Waals surface area contributed by atoms with E-state index in [9.17, 15) is 9.90 Å². The van der Waals surface area contributed by atoms with E-state index in [0.29, 0.717) is 5.75 Å². The van der Waals surface area contributed by atoms with Crippen LogP contribution in [0, 0.1) is 0 Å². The second-order valence-corrected chi connectivity index (χ2v) is 6.25. The van der Waals surface area contributed by atoms with Gasteiger partial charge in [-0.1, -0.05) is 6.07 Å². The van der Waals surface area contributed by atoms with Gasteiger partial charge in [-0.25, -0.2) is 0 Å². The summed E-state index contributed by atoms with van der Waals surface area (Å²) in [5.74, 6) is 0.423. The Hall–Kier alpha value is -0.520. The first-order valence-corrected chi connectivity index (χ1v) is 7.57. The van der Waals surface area contributed by atoms with Crippen LogP contribution in [-0.2, 0) is 4.79 Å². The number of aliphatic hydroxyl groups excluding tert-OH is 1. The van der Waals surface area contributed by atoms with Crippen molar-refractivity contribution in [2.75, 3.05) is 5.75 Å². The van der Waals surface area contributed by atoms with E-state index < -0.39 is 6.10 Å². The maximum atomic E-state index is 11.5. The van der Waals surface area contributed by atoms with Gasteiger partial charge in [-0.15, -0.1) is 11.8 Å². The minimum absolute atomic E-state index is 0.0292. The summed E-state index contributed by atoms with van der Waals surface area (Å²) >= 11 is 4.93. The Balaban J connectivity index is 2.60. The number of carbonyl (C=O) groups is 1. The topological polar surface area (TPSA) is 49.3 Å². The van der Waals surface area contributed by atoms with Crippen molar-refractivity contribution in [1.82, 2.24) is 5.32 Å². The summed E-state index contributed by atoms with van der Waals surface area (Å²) in [5, 5.41) is 12.3. The van der Waals surface area contributed by atoms with Gasteiger partial charge in [0.1, 0.15) is 0 Å². The molecule has 0 aromatic heterocycles.